The standard InChI is InChI=1S/C4H4Cl2OS/c5-3-4(6)8-2-1-7/h1,3H,2H2. The van der Waals surface area contributed by atoms with Gasteiger partial charge in [-0.2, -0.15) is 0 Å². The predicted octanol–water partition coefficient (Wildman–Crippen LogP) is 2.20. The van der Waals surface area contributed by atoms with Crippen molar-refractivity contribution in [2.75, 3.05) is 5.75 Å². The first-order valence-electron chi connectivity index (χ1n) is 1.83. The monoisotopic (exact) mass is 170 g/mol. The Morgan fingerprint density at radius 1 is 1.75 bits per heavy atom. The summed E-state index contributed by atoms with van der Waals surface area (Å²) in [5, 5.41) is 0. The molecule has 0 heterocycles. The fourth-order valence-corrected chi connectivity index (χ4v) is 0.813. The van der Waals surface area contributed by atoms with Crippen molar-refractivity contribution in [3.63, 3.8) is 0 Å². The zero-order valence-corrected chi connectivity index (χ0v) is 6.26. The van der Waals surface area contributed by atoms with Crippen LogP contribution in [0.1, 0.15) is 0 Å². The summed E-state index contributed by atoms with van der Waals surface area (Å²) in [6.07, 6.45) is 0.771. The lowest BCUT2D eigenvalue weighted by atomic mass is 10.9. The van der Waals surface area contributed by atoms with Gasteiger partial charge in [0.2, 0.25) is 0 Å². The first-order valence-corrected chi connectivity index (χ1v) is 3.63. The fraction of sp³-hybridized carbons (Fsp3) is 0.250. The van der Waals surface area contributed by atoms with Gasteiger partial charge in [0.25, 0.3) is 0 Å². The molecule has 0 aliphatic heterocycles. The Morgan fingerprint density at radius 2 is 2.38 bits per heavy atom. The summed E-state index contributed by atoms with van der Waals surface area (Å²) in [5.74, 6) is 0.363. The van der Waals surface area contributed by atoms with E-state index in [2.05, 4.69) is 0 Å². The topological polar surface area (TPSA) is 17.1 Å². The average molecular weight is 171 g/mol. The third-order valence-electron chi connectivity index (χ3n) is 0.375. The highest BCUT2D eigenvalue weighted by atomic mass is 35.5. The van der Waals surface area contributed by atoms with Crippen LogP contribution in [0.25, 0.3) is 0 Å². The lowest BCUT2D eigenvalue weighted by Gasteiger charge is -1.86. The van der Waals surface area contributed by atoms with E-state index in [1.807, 2.05) is 0 Å². The van der Waals surface area contributed by atoms with Crippen LogP contribution < -0.4 is 0 Å². The number of hydrogen-bond donors (Lipinski definition) is 0. The molecular formula is C4H4Cl2OS. The lowest BCUT2D eigenvalue weighted by molar-refractivity contribution is -0.105. The molecule has 8 heavy (non-hydrogen) atoms. The average Bonchev–Trinajstić information content (AvgIpc) is 1.83. The van der Waals surface area contributed by atoms with E-state index in [0.717, 1.165) is 6.29 Å². The van der Waals surface area contributed by atoms with Crippen molar-refractivity contribution in [1.82, 2.24) is 0 Å². The van der Waals surface area contributed by atoms with Crippen molar-refractivity contribution in [3.05, 3.63) is 9.90 Å². The maximum absolute atomic E-state index is 9.68. The van der Waals surface area contributed by atoms with Gasteiger partial charge in [-0.25, -0.2) is 0 Å². The van der Waals surface area contributed by atoms with E-state index in [9.17, 15) is 4.79 Å². The van der Waals surface area contributed by atoms with Crippen LogP contribution >= 0.6 is 35.0 Å². The van der Waals surface area contributed by atoms with Crippen LogP contribution in [0.15, 0.2) is 9.90 Å². The smallest absolute Gasteiger partial charge is 0.130 e. The van der Waals surface area contributed by atoms with Crippen molar-refractivity contribution in [2.45, 2.75) is 0 Å². The van der Waals surface area contributed by atoms with Crippen LogP contribution in [0.3, 0.4) is 0 Å². The van der Waals surface area contributed by atoms with Gasteiger partial charge in [0.15, 0.2) is 0 Å². The van der Waals surface area contributed by atoms with Crippen LogP contribution in [0.5, 0.6) is 0 Å². The van der Waals surface area contributed by atoms with Crippen LogP contribution in [-0.4, -0.2) is 12.0 Å². The van der Waals surface area contributed by atoms with Crippen molar-refractivity contribution in [2.24, 2.45) is 0 Å². The van der Waals surface area contributed by atoms with Gasteiger partial charge in [-0.1, -0.05) is 23.2 Å². The van der Waals surface area contributed by atoms with E-state index >= 15 is 0 Å². The molecule has 0 aromatic heterocycles. The number of aldehydes is 1. The number of hydrogen-bond acceptors (Lipinski definition) is 2. The van der Waals surface area contributed by atoms with Gasteiger partial charge >= 0.3 is 0 Å². The Hall–Kier alpha value is 0.340. The molecule has 0 bridgehead atoms. The van der Waals surface area contributed by atoms with E-state index in [4.69, 9.17) is 23.2 Å². The third kappa shape index (κ3) is 4.50. The summed E-state index contributed by atoms with van der Waals surface area (Å²) in [5.41, 5.74) is 1.23. The zero-order valence-electron chi connectivity index (χ0n) is 3.93. The minimum Gasteiger partial charge on any atom is -0.302 e. The molecule has 0 fully saturated rings. The molecule has 4 heteroatoms. The predicted molar refractivity (Wildman–Crippen MR) is 38.3 cm³/mol. The van der Waals surface area contributed by atoms with Crippen LogP contribution in [0.2, 0.25) is 0 Å². The molecule has 0 amide bonds. The normalized spacial score (nSPS) is 11.5. The molecule has 0 aromatic rings. The van der Waals surface area contributed by atoms with Crippen molar-refractivity contribution >= 4 is 41.2 Å². The molecular weight excluding hydrogens is 167 g/mol. The summed E-state index contributed by atoms with van der Waals surface area (Å²) in [6, 6.07) is 0. The SMILES string of the molecule is O=CCSC(Cl)=CCl. The van der Waals surface area contributed by atoms with Crippen LogP contribution in [-0.2, 0) is 4.79 Å². The number of carbonyl (C=O) groups excluding carboxylic acids is 1. The second-order valence-corrected chi connectivity index (χ2v) is 2.80. The maximum Gasteiger partial charge on any atom is 0.130 e. The van der Waals surface area contributed by atoms with Gasteiger partial charge in [0.05, 0.1) is 10.1 Å². The molecule has 0 aliphatic rings. The highest BCUT2D eigenvalue weighted by Gasteiger charge is 1.88. The van der Waals surface area contributed by atoms with Gasteiger partial charge < -0.3 is 4.79 Å². The van der Waals surface area contributed by atoms with Crippen molar-refractivity contribution in [1.29, 1.82) is 0 Å². The summed E-state index contributed by atoms with van der Waals surface area (Å²) < 4.78 is 0.443. The lowest BCUT2D eigenvalue weighted by Crippen LogP contribution is -1.74. The summed E-state index contributed by atoms with van der Waals surface area (Å²) in [7, 11) is 0. The van der Waals surface area contributed by atoms with Gasteiger partial charge in [-0.3, -0.25) is 0 Å². The van der Waals surface area contributed by atoms with Gasteiger partial charge in [-0.15, -0.1) is 11.8 Å². The first-order chi connectivity index (χ1) is 3.81. The molecule has 0 N–H and O–H groups in total. The minimum atomic E-state index is 0.363. The molecule has 0 radical (unpaired) electrons. The van der Waals surface area contributed by atoms with Gasteiger partial charge in [-0.05, 0) is 0 Å². The largest absolute Gasteiger partial charge is 0.302 e. The molecule has 1 nitrogen and oxygen atoms in total. The maximum atomic E-state index is 9.68. The molecule has 46 valence electrons. The Morgan fingerprint density at radius 3 is 2.75 bits per heavy atom. The molecule has 0 saturated carbocycles. The molecule has 0 atom stereocenters. The molecule has 0 aliphatic carbocycles. The molecule has 0 unspecified atom stereocenters. The number of rotatable bonds is 3. The Bertz CT molecular complexity index is 102. The summed E-state index contributed by atoms with van der Waals surface area (Å²) in [6.45, 7) is 0. The summed E-state index contributed by atoms with van der Waals surface area (Å²) >= 11 is 11.7. The minimum absolute atomic E-state index is 0.363. The van der Waals surface area contributed by atoms with Crippen molar-refractivity contribution in [3.8, 4) is 0 Å². The first kappa shape index (κ1) is 8.34. The zero-order chi connectivity index (χ0) is 6.41. The third-order valence-corrected chi connectivity index (χ3v) is 1.97. The number of carbonyl (C=O) groups is 1. The Kier molecular flexibility index (Phi) is 5.71. The van der Waals surface area contributed by atoms with Crippen molar-refractivity contribution < 1.29 is 4.79 Å². The van der Waals surface area contributed by atoms with Gasteiger partial charge in [0, 0.05) is 5.54 Å². The van der Waals surface area contributed by atoms with E-state index in [1.54, 1.807) is 0 Å². The number of thioether (sulfide) groups is 1. The Balaban J connectivity index is 3.24. The quantitative estimate of drug-likeness (QED) is 0.605. The highest BCUT2D eigenvalue weighted by molar-refractivity contribution is 8.05. The second-order valence-electron chi connectivity index (χ2n) is 0.891. The van der Waals surface area contributed by atoms with E-state index in [1.165, 1.54) is 17.3 Å². The molecule has 0 rings (SSSR count). The molecule has 0 spiro atoms. The Labute approximate surface area is 62.0 Å². The van der Waals surface area contributed by atoms with Gasteiger partial charge in [0.1, 0.15) is 6.29 Å². The van der Waals surface area contributed by atoms with Crippen LogP contribution in [0, 0.1) is 0 Å². The van der Waals surface area contributed by atoms with E-state index < -0.39 is 0 Å². The summed E-state index contributed by atoms with van der Waals surface area (Å²) in [4.78, 5) is 9.68. The fourth-order valence-electron chi connectivity index (χ4n) is 0.145. The molecule has 0 aromatic carbocycles. The highest BCUT2D eigenvalue weighted by Crippen LogP contribution is 2.18. The number of halogens is 2. The second kappa shape index (κ2) is 5.48. The van der Waals surface area contributed by atoms with E-state index in [0.29, 0.717) is 10.1 Å². The van der Waals surface area contributed by atoms with E-state index in [-0.39, 0.29) is 0 Å². The molecule has 0 saturated heterocycles. The van der Waals surface area contributed by atoms with Crippen LogP contribution in [0.4, 0.5) is 0 Å².